The molecule has 196 valence electrons. The molecule has 0 saturated carbocycles. The summed E-state index contributed by atoms with van der Waals surface area (Å²) in [6.07, 6.45) is 1.56. The Labute approximate surface area is 228 Å². The molecular formula is C29H24ClN5O4. The number of aromatic nitrogens is 2. The van der Waals surface area contributed by atoms with Crippen molar-refractivity contribution >= 4 is 62.3 Å². The lowest BCUT2D eigenvalue weighted by Gasteiger charge is -2.18. The predicted octanol–water partition coefficient (Wildman–Crippen LogP) is 5.25. The van der Waals surface area contributed by atoms with Crippen molar-refractivity contribution in [1.82, 2.24) is 9.97 Å². The molecule has 1 atom stereocenters. The van der Waals surface area contributed by atoms with Gasteiger partial charge in [0.05, 0.1) is 24.5 Å². The number of phenols is 1. The number of aromatic hydroxyl groups is 1. The van der Waals surface area contributed by atoms with Crippen LogP contribution in [0, 0.1) is 0 Å². The van der Waals surface area contributed by atoms with Crippen molar-refractivity contribution in [2.24, 2.45) is 0 Å². The van der Waals surface area contributed by atoms with E-state index in [1.165, 1.54) is 0 Å². The van der Waals surface area contributed by atoms with Crippen LogP contribution in [0.5, 0.6) is 11.5 Å². The monoisotopic (exact) mass is 541 g/mol. The van der Waals surface area contributed by atoms with Gasteiger partial charge in [-0.05, 0) is 48.0 Å². The number of carbonyl (C=O) groups excluding carboxylic acids is 2. The number of H-pyrrole nitrogens is 1. The highest BCUT2D eigenvalue weighted by molar-refractivity contribution is 6.19. The number of nitrogens with two attached hydrogens (primary N) is 1. The van der Waals surface area contributed by atoms with Crippen molar-refractivity contribution in [1.29, 1.82) is 0 Å². The van der Waals surface area contributed by atoms with Crippen molar-refractivity contribution in [2.45, 2.75) is 5.92 Å². The Balaban J connectivity index is 1.33. The van der Waals surface area contributed by atoms with Gasteiger partial charge < -0.3 is 30.8 Å². The summed E-state index contributed by atoms with van der Waals surface area (Å²) < 4.78 is 5.59. The molecular weight excluding hydrogens is 518 g/mol. The summed E-state index contributed by atoms with van der Waals surface area (Å²) in [7, 11) is 1.57. The van der Waals surface area contributed by atoms with Crippen LogP contribution in [0.15, 0.2) is 66.9 Å². The molecule has 10 heteroatoms. The predicted molar refractivity (Wildman–Crippen MR) is 152 cm³/mol. The number of pyridine rings is 1. The summed E-state index contributed by atoms with van der Waals surface area (Å²) in [6.45, 7) is 0.352. The van der Waals surface area contributed by atoms with E-state index in [1.807, 2.05) is 18.2 Å². The van der Waals surface area contributed by atoms with Crippen LogP contribution in [-0.2, 0) is 0 Å². The molecule has 5 N–H and O–H groups in total. The molecule has 39 heavy (non-hydrogen) atoms. The van der Waals surface area contributed by atoms with Crippen molar-refractivity contribution in [3.8, 4) is 11.5 Å². The van der Waals surface area contributed by atoms with E-state index >= 15 is 0 Å². The second-order valence-electron chi connectivity index (χ2n) is 9.39. The van der Waals surface area contributed by atoms with Crippen LogP contribution in [0.2, 0.25) is 0 Å². The standard InChI is InChI=1S/C29H24ClN5O4/c1-39-24-4-2-3-19-23(36)11-22-26(27(19)24)17(12-30)14-35(22)29(38)20-9-16-10-25(32-13-21(16)33-20)34-28(37)15-5-7-18(31)8-6-15/h2-11,13,17,33,36H,12,14,31H2,1H3,(H,32,34,37)/t17-/m1/s1. The van der Waals surface area contributed by atoms with Gasteiger partial charge in [-0.15, -0.1) is 11.6 Å². The molecule has 6 rings (SSSR count). The summed E-state index contributed by atoms with van der Waals surface area (Å²) in [5, 5.41) is 15.7. The fourth-order valence-corrected chi connectivity index (χ4v) is 5.41. The first-order valence-corrected chi connectivity index (χ1v) is 12.8. The average Bonchev–Trinajstić information content (AvgIpc) is 3.54. The molecule has 0 radical (unpaired) electrons. The molecule has 2 aromatic heterocycles. The molecule has 1 aliphatic heterocycles. The number of amides is 2. The summed E-state index contributed by atoms with van der Waals surface area (Å²) in [5.41, 5.74) is 9.15. The lowest BCUT2D eigenvalue weighted by atomic mass is 9.94. The van der Waals surface area contributed by atoms with E-state index in [-0.39, 0.29) is 23.5 Å². The first-order valence-electron chi connectivity index (χ1n) is 12.2. The zero-order chi connectivity index (χ0) is 27.3. The fourth-order valence-electron chi connectivity index (χ4n) is 5.15. The zero-order valence-electron chi connectivity index (χ0n) is 20.9. The maximum atomic E-state index is 13.8. The van der Waals surface area contributed by atoms with E-state index in [0.29, 0.717) is 62.9 Å². The number of nitrogens with one attached hydrogen (secondary N) is 2. The third-order valence-corrected chi connectivity index (χ3v) is 7.40. The Kier molecular flexibility index (Phi) is 6.00. The number of methoxy groups -OCH3 is 1. The number of anilines is 3. The van der Waals surface area contributed by atoms with Crippen LogP contribution >= 0.6 is 11.6 Å². The molecule has 3 heterocycles. The van der Waals surface area contributed by atoms with Crippen LogP contribution in [0.1, 0.15) is 32.3 Å². The molecule has 0 aliphatic carbocycles. The van der Waals surface area contributed by atoms with Gasteiger partial charge in [-0.1, -0.05) is 12.1 Å². The van der Waals surface area contributed by atoms with Gasteiger partial charge in [0, 0.05) is 51.8 Å². The van der Waals surface area contributed by atoms with Crippen molar-refractivity contribution in [3.63, 3.8) is 0 Å². The van der Waals surface area contributed by atoms with Crippen molar-refractivity contribution in [3.05, 3.63) is 83.7 Å². The van der Waals surface area contributed by atoms with Crippen molar-refractivity contribution in [2.75, 3.05) is 35.5 Å². The minimum Gasteiger partial charge on any atom is -0.507 e. The van der Waals surface area contributed by atoms with Gasteiger partial charge in [-0.2, -0.15) is 0 Å². The molecule has 0 fully saturated rings. The highest BCUT2D eigenvalue weighted by atomic mass is 35.5. The van der Waals surface area contributed by atoms with E-state index in [2.05, 4.69) is 15.3 Å². The van der Waals surface area contributed by atoms with Gasteiger partial charge in [-0.3, -0.25) is 9.59 Å². The van der Waals surface area contributed by atoms with E-state index in [0.717, 1.165) is 10.9 Å². The molecule has 0 saturated heterocycles. The van der Waals surface area contributed by atoms with Gasteiger partial charge in [0.1, 0.15) is 23.0 Å². The smallest absolute Gasteiger partial charge is 0.274 e. The molecule has 0 bridgehead atoms. The van der Waals surface area contributed by atoms with Gasteiger partial charge in [0.25, 0.3) is 11.8 Å². The number of hydrogen-bond donors (Lipinski definition) is 4. The van der Waals surface area contributed by atoms with Crippen LogP contribution in [0.25, 0.3) is 21.7 Å². The molecule has 1 aliphatic rings. The molecule has 5 aromatic rings. The Bertz CT molecular complexity index is 1770. The third-order valence-electron chi connectivity index (χ3n) is 7.02. The van der Waals surface area contributed by atoms with Gasteiger partial charge in [-0.25, -0.2) is 4.98 Å². The lowest BCUT2D eigenvalue weighted by Crippen LogP contribution is -2.30. The highest BCUT2D eigenvalue weighted by Crippen LogP contribution is 2.48. The normalized spacial score (nSPS) is 14.5. The van der Waals surface area contributed by atoms with Gasteiger partial charge in [0.2, 0.25) is 0 Å². The minimum atomic E-state index is -0.322. The molecule has 3 aromatic carbocycles. The first-order chi connectivity index (χ1) is 18.9. The fraction of sp³-hybridized carbons (Fsp3) is 0.138. The van der Waals surface area contributed by atoms with Crippen LogP contribution in [-0.4, -0.2) is 46.4 Å². The Morgan fingerprint density at radius 1 is 1.21 bits per heavy atom. The van der Waals surface area contributed by atoms with Crippen LogP contribution in [0.3, 0.4) is 0 Å². The SMILES string of the molecule is COc1cccc2c(O)cc3c(c12)[C@H](CCl)CN3C(=O)c1cc2cc(NC(=O)c3ccc(N)cc3)ncc2[nH]1. The topological polar surface area (TPSA) is 134 Å². The zero-order valence-corrected chi connectivity index (χ0v) is 21.6. The maximum Gasteiger partial charge on any atom is 0.274 e. The van der Waals surface area contributed by atoms with Crippen molar-refractivity contribution < 1.29 is 19.4 Å². The first kappa shape index (κ1) is 24.6. The van der Waals surface area contributed by atoms with E-state index < -0.39 is 0 Å². The van der Waals surface area contributed by atoms with E-state index in [9.17, 15) is 14.7 Å². The second-order valence-corrected chi connectivity index (χ2v) is 9.70. The Hall–Kier alpha value is -4.76. The molecule has 2 amide bonds. The number of carbonyl (C=O) groups is 2. The summed E-state index contributed by atoms with van der Waals surface area (Å²) in [5.74, 6) is 0.554. The van der Waals surface area contributed by atoms with Crippen LogP contribution < -0.4 is 20.7 Å². The third kappa shape index (κ3) is 4.17. The number of nitrogens with zero attached hydrogens (tertiary/aromatic N) is 2. The Morgan fingerprint density at radius 2 is 2.00 bits per heavy atom. The van der Waals surface area contributed by atoms with E-state index in [1.54, 1.807) is 60.7 Å². The molecule has 9 nitrogen and oxygen atoms in total. The van der Waals surface area contributed by atoms with Gasteiger partial charge >= 0.3 is 0 Å². The number of aromatic amines is 1. The number of phenolic OH excluding ortho intramolecular Hbond substituents is 1. The largest absolute Gasteiger partial charge is 0.507 e. The molecule has 0 unspecified atom stereocenters. The number of nitrogen functional groups attached to an aromatic ring is 1. The second kappa shape index (κ2) is 9.52. The minimum absolute atomic E-state index is 0.0537. The summed E-state index contributed by atoms with van der Waals surface area (Å²) in [6, 6.07) is 17.0. The number of fused-ring (bicyclic) bond motifs is 4. The summed E-state index contributed by atoms with van der Waals surface area (Å²) in [4.78, 5) is 35.4. The number of hydrogen-bond acceptors (Lipinski definition) is 6. The number of alkyl halides is 1. The number of rotatable bonds is 5. The lowest BCUT2D eigenvalue weighted by molar-refractivity contribution is 0.0983. The number of benzene rings is 3. The van der Waals surface area contributed by atoms with Crippen LogP contribution in [0.4, 0.5) is 17.2 Å². The number of halogens is 1. The van der Waals surface area contributed by atoms with Gasteiger partial charge in [0.15, 0.2) is 0 Å². The van der Waals surface area contributed by atoms with E-state index in [4.69, 9.17) is 22.1 Å². The summed E-state index contributed by atoms with van der Waals surface area (Å²) >= 11 is 6.36. The maximum absolute atomic E-state index is 13.8. The average molecular weight is 542 g/mol. The highest BCUT2D eigenvalue weighted by Gasteiger charge is 2.36. The Morgan fingerprint density at radius 3 is 2.74 bits per heavy atom. The quantitative estimate of drug-likeness (QED) is 0.177. The molecule has 0 spiro atoms. The number of ether oxygens (including phenoxy) is 1.